The van der Waals surface area contributed by atoms with Crippen molar-refractivity contribution < 1.29 is 9.90 Å². The third kappa shape index (κ3) is 2.89. The van der Waals surface area contributed by atoms with Crippen molar-refractivity contribution in [3.05, 3.63) is 29.8 Å². The summed E-state index contributed by atoms with van der Waals surface area (Å²) >= 11 is 0. The molecule has 0 aromatic heterocycles. The smallest absolute Gasteiger partial charge is 0.230 e. The molecule has 1 aliphatic rings. The van der Waals surface area contributed by atoms with Crippen LogP contribution in [0.2, 0.25) is 0 Å². The Morgan fingerprint density at radius 2 is 2.05 bits per heavy atom. The van der Waals surface area contributed by atoms with Crippen molar-refractivity contribution >= 4 is 11.6 Å². The molecule has 1 aromatic rings. The highest BCUT2D eigenvalue weighted by atomic mass is 16.3. The van der Waals surface area contributed by atoms with Gasteiger partial charge in [0.25, 0.3) is 0 Å². The van der Waals surface area contributed by atoms with Crippen LogP contribution in [-0.4, -0.2) is 23.7 Å². The second-order valence-electron chi connectivity index (χ2n) is 5.30. The standard InChI is InChI=1S/C15H22N2O2/c1-2-13(7-10-18)17-14(19)15(8-9-15)11-3-5-12(16)6-4-11/h3-6,13,18H,2,7-10,16H2,1H3,(H,17,19). The van der Waals surface area contributed by atoms with E-state index in [2.05, 4.69) is 5.32 Å². The summed E-state index contributed by atoms with van der Waals surface area (Å²) in [6.07, 6.45) is 3.22. The average molecular weight is 262 g/mol. The summed E-state index contributed by atoms with van der Waals surface area (Å²) in [6.45, 7) is 2.12. The molecule has 4 N–H and O–H groups in total. The van der Waals surface area contributed by atoms with Gasteiger partial charge < -0.3 is 16.2 Å². The van der Waals surface area contributed by atoms with Crippen molar-refractivity contribution in [2.75, 3.05) is 12.3 Å². The molecule has 4 heteroatoms. The molecule has 1 aliphatic carbocycles. The molecule has 1 saturated carbocycles. The van der Waals surface area contributed by atoms with Crippen LogP contribution in [0.4, 0.5) is 5.69 Å². The fourth-order valence-corrected chi connectivity index (χ4v) is 2.43. The highest BCUT2D eigenvalue weighted by Crippen LogP contribution is 2.48. The van der Waals surface area contributed by atoms with E-state index >= 15 is 0 Å². The minimum atomic E-state index is -0.365. The Kier molecular flexibility index (Phi) is 4.10. The third-order valence-electron chi connectivity index (χ3n) is 3.95. The molecule has 4 nitrogen and oxygen atoms in total. The van der Waals surface area contributed by atoms with Gasteiger partial charge in [-0.2, -0.15) is 0 Å². The molecular weight excluding hydrogens is 240 g/mol. The van der Waals surface area contributed by atoms with E-state index in [4.69, 9.17) is 10.8 Å². The number of amides is 1. The average Bonchev–Trinajstić information content (AvgIpc) is 3.20. The van der Waals surface area contributed by atoms with Gasteiger partial charge in [0, 0.05) is 18.3 Å². The van der Waals surface area contributed by atoms with E-state index in [1.165, 1.54) is 0 Å². The zero-order valence-electron chi connectivity index (χ0n) is 11.4. The normalized spacial score (nSPS) is 17.8. The molecule has 0 saturated heterocycles. The molecule has 19 heavy (non-hydrogen) atoms. The number of hydrogen-bond donors (Lipinski definition) is 3. The van der Waals surface area contributed by atoms with Gasteiger partial charge in [0.15, 0.2) is 0 Å². The van der Waals surface area contributed by atoms with Gasteiger partial charge in [-0.15, -0.1) is 0 Å². The second-order valence-corrected chi connectivity index (χ2v) is 5.30. The van der Waals surface area contributed by atoms with Crippen molar-refractivity contribution in [3.8, 4) is 0 Å². The molecule has 1 amide bonds. The number of nitrogen functional groups attached to an aromatic ring is 1. The summed E-state index contributed by atoms with van der Waals surface area (Å²) < 4.78 is 0. The van der Waals surface area contributed by atoms with Crippen LogP contribution in [-0.2, 0) is 10.2 Å². The summed E-state index contributed by atoms with van der Waals surface area (Å²) in [7, 11) is 0. The predicted molar refractivity (Wildman–Crippen MR) is 75.7 cm³/mol. The molecule has 104 valence electrons. The molecule has 0 aliphatic heterocycles. The Labute approximate surface area is 114 Å². The third-order valence-corrected chi connectivity index (χ3v) is 3.95. The van der Waals surface area contributed by atoms with Crippen molar-refractivity contribution in [1.29, 1.82) is 0 Å². The molecule has 0 bridgehead atoms. The summed E-state index contributed by atoms with van der Waals surface area (Å²) in [5, 5.41) is 12.0. The minimum Gasteiger partial charge on any atom is -0.399 e. The van der Waals surface area contributed by atoms with Crippen LogP contribution in [0.3, 0.4) is 0 Å². The van der Waals surface area contributed by atoms with Gasteiger partial charge in [0.05, 0.1) is 5.41 Å². The van der Waals surface area contributed by atoms with Gasteiger partial charge in [-0.1, -0.05) is 19.1 Å². The molecular formula is C15H22N2O2. The fourth-order valence-electron chi connectivity index (χ4n) is 2.43. The lowest BCUT2D eigenvalue weighted by Crippen LogP contribution is -2.41. The Hall–Kier alpha value is -1.55. The predicted octanol–water partition coefficient (Wildman–Crippen LogP) is 1.58. The Morgan fingerprint density at radius 3 is 2.53 bits per heavy atom. The van der Waals surface area contributed by atoms with Gasteiger partial charge in [-0.25, -0.2) is 0 Å². The van der Waals surface area contributed by atoms with Crippen LogP contribution >= 0.6 is 0 Å². The van der Waals surface area contributed by atoms with Gasteiger partial charge in [0.2, 0.25) is 5.91 Å². The Balaban J connectivity index is 2.07. The van der Waals surface area contributed by atoms with Crippen molar-refractivity contribution in [2.24, 2.45) is 0 Å². The highest BCUT2D eigenvalue weighted by Gasteiger charge is 2.51. The molecule has 1 atom stereocenters. The summed E-state index contributed by atoms with van der Waals surface area (Å²) in [6, 6.07) is 7.62. The van der Waals surface area contributed by atoms with Crippen LogP contribution in [0.25, 0.3) is 0 Å². The topological polar surface area (TPSA) is 75.3 Å². The van der Waals surface area contributed by atoms with E-state index in [1.54, 1.807) is 0 Å². The summed E-state index contributed by atoms with van der Waals surface area (Å²) in [4.78, 5) is 12.4. The van der Waals surface area contributed by atoms with E-state index in [-0.39, 0.29) is 24.0 Å². The maximum absolute atomic E-state index is 12.4. The monoisotopic (exact) mass is 262 g/mol. The number of anilines is 1. The first-order valence-electron chi connectivity index (χ1n) is 6.90. The Bertz CT molecular complexity index is 438. The largest absolute Gasteiger partial charge is 0.399 e. The fraction of sp³-hybridized carbons (Fsp3) is 0.533. The number of aliphatic hydroxyl groups excluding tert-OH is 1. The molecule has 0 heterocycles. The zero-order valence-corrected chi connectivity index (χ0v) is 11.4. The van der Waals surface area contributed by atoms with Gasteiger partial charge in [0.1, 0.15) is 0 Å². The van der Waals surface area contributed by atoms with E-state index in [9.17, 15) is 4.79 Å². The van der Waals surface area contributed by atoms with Crippen molar-refractivity contribution in [2.45, 2.75) is 44.1 Å². The number of rotatable bonds is 6. The van der Waals surface area contributed by atoms with Crippen LogP contribution < -0.4 is 11.1 Å². The van der Waals surface area contributed by atoms with E-state index < -0.39 is 0 Å². The molecule has 0 radical (unpaired) electrons. The quantitative estimate of drug-likeness (QED) is 0.681. The van der Waals surface area contributed by atoms with Gasteiger partial charge in [-0.05, 0) is 43.4 Å². The zero-order chi connectivity index (χ0) is 13.9. The minimum absolute atomic E-state index is 0.0590. The second kappa shape index (κ2) is 5.61. The van der Waals surface area contributed by atoms with Crippen LogP contribution in [0.1, 0.15) is 38.2 Å². The van der Waals surface area contributed by atoms with Gasteiger partial charge >= 0.3 is 0 Å². The van der Waals surface area contributed by atoms with Gasteiger partial charge in [-0.3, -0.25) is 4.79 Å². The first kappa shape index (κ1) is 13.9. The van der Waals surface area contributed by atoms with Crippen molar-refractivity contribution in [3.63, 3.8) is 0 Å². The molecule has 1 unspecified atom stereocenters. The van der Waals surface area contributed by atoms with Crippen LogP contribution in [0, 0.1) is 0 Å². The summed E-state index contributed by atoms with van der Waals surface area (Å²) in [5.41, 5.74) is 7.07. The van der Waals surface area contributed by atoms with E-state index in [0.29, 0.717) is 12.1 Å². The first-order chi connectivity index (χ1) is 9.12. The molecule has 1 aromatic carbocycles. The lowest BCUT2D eigenvalue weighted by atomic mass is 9.94. The Morgan fingerprint density at radius 1 is 1.42 bits per heavy atom. The van der Waals surface area contributed by atoms with Crippen LogP contribution in [0.15, 0.2) is 24.3 Å². The number of aliphatic hydroxyl groups is 1. The lowest BCUT2D eigenvalue weighted by molar-refractivity contribution is -0.124. The van der Waals surface area contributed by atoms with Crippen molar-refractivity contribution in [1.82, 2.24) is 5.32 Å². The first-order valence-corrected chi connectivity index (χ1v) is 6.90. The maximum Gasteiger partial charge on any atom is 0.230 e. The molecule has 0 spiro atoms. The molecule has 1 fully saturated rings. The maximum atomic E-state index is 12.4. The lowest BCUT2D eigenvalue weighted by Gasteiger charge is -2.21. The number of carbonyl (C=O) groups is 1. The molecule has 2 rings (SSSR count). The number of nitrogens with one attached hydrogen (secondary N) is 1. The SMILES string of the molecule is CCC(CCO)NC(=O)C1(c2ccc(N)cc2)CC1. The number of nitrogens with two attached hydrogens (primary N) is 1. The van der Waals surface area contributed by atoms with Crippen LogP contribution in [0.5, 0.6) is 0 Å². The number of hydrogen-bond acceptors (Lipinski definition) is 3. The van der Waals surface area contributed by atoms with E-state index in [1.807, 2.05) is 31.2 Å². The summed E-state index contributed by atoms with van der Waals surface area (Å²) in [5.74, 6) is 0.0811. The van der Waals surface area contributed by atoms with E-state index in [0.717, 1.165) is 24.8 Å². The number of benzene rings is 1. The highest BCUT2D eigenvalue weighted by molar-refractivity contribution is 5.91. The number of carbonyl (C=O) groups excluding carboxylic acids is 1.